The fourth-order valence-electron chi connectivity index (χ4n) is 1.18. The quantitative estimate of drug-likeness (QED) is 0.445. The first kappa shape index (κ1) is 12.2. The van der Waals surface area contributed by atoms with Crippen LogP contribution in [0.15, 0.2) is 0 Å². The highest BCUT2D eigenvalue weighted by atomic mass is 16.3. The molecule has 0 bridgehead atoms. The molecule has 1 rings (SSSR count). The number of hydrogen-bond acceptors (Lipinski definition) is 4. The number of carbonyl (C=O) groups excluding carboxylic acids is 3. The van der Waals surface area contributed by atoms with Crippen molar-refractivity contribution in [3.05, 3.63) is 0 Å². The van der Waals surface area contributed by atoms with Gasteiger partial charge in [0.05, 0.1) is 13.3 Å². The minimum Gasteiger partial charge on any atom is -0.395 e. The minimum absolute atomic E-state index is 0.00886. The summed E-state index contributed by atoms with van der Waals surface area (Å²) in [7, 11) is 0. The molecule has 8 nitrogen and oxygen atoms in total. The van der Waals surface area contributed by atoms with Gasteiger partial charge in [-0.2, -0.15) is 0 Å². The van der Waals surface area contributed by atoms with Gasteiger partial charge in [-0.3, -0.25) is 4.79 Å². The largest absolute Gasteiger partial charge is 0.395 e. The van der Waals surface area contributed by atoms with E-state index in [1.807, 2.05) is 0 Å². The summed E-state index contributed by atoms with van der Waals surface area (Å²) in [6, 6.07) is -1.03. The second kappa shape index (κ2) is 5.91. The zero-order valence-electron chi connectivity index (χ0n) is 8.65. The van der Waals surface area contributed by atoms with Crippen LogP contribution in [0, 0.1) is 0 Å². The van der Waals surface area contributed by atoms with Gasteiger partial charge in [-0.25, -0.2) is 14.5 Å². The zero-order valence-corrected chi connectivity index (χ0v) is 8.65. The van der Waals surface area contributed by atoms with Gasteiger partial charge in [-0.05, 0) is 0 Å². The van der Waals surface area contributed by atoms with Gasteiger partial charge in [0, 0.05) is 19.5 Å². The van der Waals surface area contributed by atoms with E-state index in [9.17, 15) is 14.4 Å². The normalized spacial score (nSPS) is 15.4. The van der Waals surface area contributed by atoms with Crippen LogP contribution in [-0.2, 0) is 4.79 Å². The molecule has 8 heteroatoms. The van der Waals surface area contributed by atoms with Crippen molar-refractivity contribution in [1.29, 1.82) is 0 Å². The Hall–Kier alpha value is -1.83. The van der Waals surface area contributed by atoms with Crippen molar-refractivity contribution >= 4 is 18.0 Å². The molecule has 1 saturated heterocycles. The maximum atomic E-state index is 11.2. The highest BCUT2D eigenvalue weighted by molar-refractivity contribution is 5.95. The van der Waals surface area contributed by atoms with Crippen LogP contribution in [-0.4, -0.2) is 54.3 Å². The molecule has 0 radical (unpaired) electrons. The third kappa shape index (κ3) is 3.39. The number of urea groups is 2. The number of imide groups is 1. The zero-order chi connectivity index (χ0) is 12.0. The van der Waals surface area contributed by atoms with E-state index in [-0.39, 0.29) is 38.7 Å². The lowest BCUT2D eigenvalue weighted by Gasteiger charge is -2.26. The van der Waals surface area contributed by atoms with Crippen LogP contribution in [0.1, 0.15) is 6.42 Å². The number of carbonyl (C=O) groups is 3. The molecule has 0 spiro atoms. The summed E-state index contributed by atoms with van der Waals surface area (Å²) >= 11 is 0. The van der Waals surface area contributed by atoms with Gasteiger partial charge in [0.1, 0.15) is 0 Å². The molecular formula is C8H14N4O4. The summed E-state index contributed by atoms with van der Waals surface area (Å²) < 4.78 is 0. The summed E-state index contributed by atoms with van der Waals surface area (Å²) in [5, 5.41) is 15.7. The monoisotopic (exact) mass is 230 g/mol. The molecule has 5 amide bonds. The molecule has 1 heterocycles. The number of nitrogens with zero attached hydrogens (tertiary/aromatic N) is 1. The van der Waals surface area contributed by atoms with Crippen molar-refractivity contribution in [2.45, 2.75) is 6.42 Å². The number of hydrogen-bond donors (Lipinski definition) is 4. The van der Waals surface area contributed by atoms with E-state index in [0.717, 1.165) is 4.90 Å². The van der Waals surface area contributed by atoms with E-state index in [1.165, 1.54) is 0 Å². The average Bonchev–Trinajstić information content (AvgIpc) is 2.25. The fourth-order valence-corrected chi connectivity index (χ4v) is 1.18. The van der Waals surface area contributed by atoms with E-state index >= 15 is 0 Å². The van der Waals surface area contributed by atoms with Gasteiger partial charge in [0.15, 0.2) is 0 Å². The van der Waals surface area contributed by atoms with Gasteiger partial charge in [0.2, 0.25) is 5.91 Å². The molecule has 0 unspecified atom stereocenters. The van der Waals surface area contributed by atoms with Crippen LogP contribution in [0.2, 0.25) is 0 Å². The molecule has 0 aromatic heterocycles. The molecule has 0 atom stereocenters. The van der Waals surface area contributed by atoms with Crippen molar-refractivity contribution < 1.29 is 19.5 Å². The Labute approximate surface area is 92.0 Å². The van der Waals surface area contributed by atoms with Crippen LogP contribution in [0.5, 0.6) is 0 Å². The van der Waals surface area contributed by atoms with Crippen LogP contribution in [0.4, 0.5) is 9.59 Å². The van der Waals surface area contributed by atoms with Gasteiger partial charge in [0.25, 0.3) is 0 Å². The summed E-state index contributed by atoms with van der Waals surface area (Å²) in [6.07, 6.45) is 0.0147. The Morgan fingerprint density at radius 2 is 2.00 bits per heavy atom. The number of nitrogens with one attached hydrogen (secondary N) is 3. The van der Waals surface area contributed by atoms with Crippen LogP contribution >= 0.6 is 0 Å². The first-order chi connectivity index (χ1) is 7.65. The molecule has 4 N–H and O–H groups in total. The molecule has 0 aliphatic carbocycles. The second-order valence-corrected chi connectivity index (χ2v) is 3.12. The number of aliphatic hydroxyl groups is 1. The molecule has 0 aromatic rings. The predicted octanol–water partition coefficient (Wildman–Crippen LogP) is -1.82. The average molecular weight is 230 g/mol. The maximum absolute atomic E-state index is 11.2. The molecule has 0 saturated carbocycles. The standard InChI is InChI=1S/C8H14N4O4/c13-4-2-9-6(14)1-3-12-7(15)10-5-11-8(12)16/h13H,1-5H2,(H,9,14)(H,10,15)(H,11,16). The van der Waals surface area contributed by atoms with Gasteiger partial charge in [-0.15, -0.1) is 0 Å². The third-order valence-corrected chi connectivity index (χ3v) is 1.97. The highest BCUT2D eigenvalue weighted by Crippen LogP contribution is 1.97. The molecule has 0 aromatic carbocycles. The van der Waals surface area contributed by atoms with E-state index in [4.69, 9.17) is 5.11 Å². The lowest BCUT2D eigenvalue weighted by atomic mass is 10.3. The number of amides is 5. The Morgan fingerprint density at radius 1 is 1.38 bits per heavy atom. The van der Waals surface area contributed by atoms with E-state index in [1.54, 1.807) is 0 Å². The summed E-state index contributed by atoms with van der Waals surface area (Å²) in [4.78, 5) is 34.5. The third-order valence-electron chi connectivity index (χ3n) is 1.97. The Balaban J connectivity index is 2.32. The molecule has 1 fully saturated rings. The molecular weight excluding hydrogens is 216 g/mol. The lowest BCUT2D eigenvalue weighted by molar-refractivity contribution is -0.121. The highest BCUT2D eigenvalue weighted by Gasteiger charge is 2.25. The molecule has 16 heavy (non-hydrogen) atoms. The Kier molecular flexibility index (Phi) is 4.52. The minimum atomic E-state index is -0.515. The SMILES string of the molecule is O=C(CCN1C(=O)NCNC1=O)NCCO. The van der Waals surface area contributed by atoms with Gasteiger partial charge in [-0.1, -0.05) is 0 Å². The lowest BCUT2D eigenvalue weighted by Crippen LogP contribution is -2.58. The smallest absolute Gasteiger partial charge is 0.326 e. The van der Waals surface area contributed by atoms with Gasteiger partial charge >= 0.3 is 12.1 Å². The topological polar surface area (TPSA) is 111 Å². The van der Waals surface area contributed by atoms with E-state index < -0.39 is 12.1 Å². The van der Waals surface area contributed by atoms with Crippen LogP contribution in [0.3, 0.4) is 0 Å². The second-order valence-electron chi connectivity index (χ2n) is 3.12. The van der Waals surface area contributed by atoms with Crippen molar-refractivity contribution in [3.63, 3.8) is 0 Å². The first-order valence-electron chi connectivity index (χ1n) is 4.86. The van der Waals surface area contributed by atoms with Crippen molar-refractivity contribution in [2.24, 2.45) is 0 Å². The van der Waals surface area contributed by atoms with Crippen molar-refractivity contribution in [1.82, 2.24) is 20.9 Å². The van der Waals surface area contributed by atoms with Crippen molar-refractivity contribution in [3.8, 4) is 0 Å². The fraction of sp³-hybridized carbons (Fsp3) is 0.625. The summed E-state index contributed by atoms with van der Waals surface area (Å²) in [6.45, 7) is 0.132. The Bertz CT molecular complexity index is 278. The van der Waals surface area contributed by atoms with Crippen LogP contribution in [0.25, 0.3) is 0 Å². The summed E-state index contributed by atoms with van der Waals surface area (Å²) in [5.74, 6) is -0.319. The molecule has 1 aliphatic rings. The maximum Gasteiger partial charge on any atom is 0.326 e. The van der Waals surface area contributed by atoms with E-state index in [0.29, 0.717) is 0 Å². The van der Waals surface area contributed by atoms with Gasteiger partial charge < -0.3 is 21.1 Å². The number of rotatable bonds is 5. The van der Waals surface area contributed by atoms with Crippen molar-refractivity contribution in [2.75, 3.05) is 26.4 Å². The predicted molar refractivity (Wildman–Crippen MR) is 53.3 cm³/mol. The van der Waals surface area contributed by atoms with E-state index in [2.05, 4.69) is 16.0 Å². The van der Waals surface area contributed by atoms with Crippen LogP contribution < -0.4 is 16.0 Å². The first-order valence-corrected chi connectivity index (χ1v) is 4.86. The summed E-state index contributed by atoms with van der Waals surface area (Å²) in [5.41, 5.74) is 0. The number of aliphatic hydroxyl groups excluding tert-OH is 1. The Morgan fingerprint density at radius 3 is 2.56 bits per heavy atom. The molecule has 1 aliphatic heterocycles. The molecule has 90 valence electrons.